The van der Waals surface area contributed by atoms with Crippen LogP contribution >= 0.6 is 0 Å². The van der Waals surface area contributed by atoms with Gasteiger partial charge in [0.2, 0.25) is 5.91 Å². The maximum Gasteiger partial charge on any atom is 0.294 e. The summed E-state index contributed by atoms with van der Waals surface area (Å²) in [4.78, 5) is 37.7. The summed E-state index contributed by atoms with van der Waals surface area (Å²) in [6.45, 7) is 2.13. The van der Waals surface area contributed by atoms with Crippen LogP contribution in [0.3, 0.4) is 0 Å². The molecule has 4 aromatic rings. The van der Waals surface area contributed by atoms with E-state index in [-0.39, 0.29) is 24.8 Å². The number of fused-ring (bicyclic) bond motifs is 1. The topological polar surface area (TPSA) is 155 Å². The number of carbonyl (C=O) groups excluding carboxylic acids is 1. The van der Waals surface area contributed by atoms with Crippen LogP contribution in [-0.2, 0) is 24.3 Å². The molecule has 0 spiro atoms. The number of H-pyrrole nitrogens is 1. The molecule has 0 radical (unpaired) electrons. The highest BCUT2D eigenvalue weighted by Crippen LogP contribution is 2.15. The fourth-order valence-corrected chi connectivity index (χ4v) is 3.86. The van der Waals surface area contributed by atoms with Crippen LogP contribution in [0.4, 0.5) is 5.82 Å². The second kappa shape index (κ2) is 11.1. The van der Waals surface area contributed by atoms with Crippen LogP contribution in [0.2, 0.25) is 0 Å². The van der Waals surface area contributed by atoms with Crippen LogP contribution in [0.1, 0.15) is 23.9 Å². The zero-order valence-corrected chi connectivity index (χ0v) is 19.9. The van der Waals surface area contributed by atoms with E-state index in [1.54, 1.807) is 19.3 Å². The number of anilines is 1. The number of pyridine rings is 1. The van der Waals surface area contributed by atoms with Crippen LogP contribution in [0.15, 0.2) is 71.5 Å². The Bertz CT molecular complexity index is 1430. The van der Waals surface area contributed by atoms with Gasteiger partial charge in [0, 0.05) is 53.0 Å². The Hall–Kier alpha value is -4.73. The summed E-state index contributed by atoms with van der Waals surface area (Å²) in [5, 5.41) is 14.6. The van der Waals surface area contributed by atoms with E-state index in [0.29, 0.717) is 29.9 Å². The lowest BCUT2D eigenvalue weighted by Crippen LogP contribution is -2.35. The van der Waals surface area contributed by atoms with E-state index in [0.717, 1.165) is 28.4 Å². The van der Waals surface area contributed by atoms with Gasteiger partial charge in [0.1, 0.15) is 6.54 Å². The predicted molar refractivity (Wildman–Crippen MR) is 141 cm³/mol. The van der Waals surface area contributed by atoms with Crippen molar-refractivity contribution in [2.75, 3.05) is 11.9 Å². The van der Waals surface area contributed by atoms with Crippen LogP contribution < -0.4 is 21.9 Å². The summed E-state index contributed by atoms with van der Waals surface area (Å²) in [7, 11) is 0. The van der Waals surface area contributed by atoms with Gasteiger partial charge in [-0.05, 0) is 31.0 Å². The van der Waals surface area contributed by atoms with E-state index >= 15 is 0 Å². The monoisotopic (exact) mass is 484 g/mol. The summed E-state index contributed by atoms with van der Waals surface area (Å²) in [5.74, 6) is -0.236. The van der Waals surface area contributed by atoms with Gasteiger partial charge in [0.05, 0.1) is 18.4 Å². The molecule has 0 aliphatic rings. The molecule has 0 bridgehead atoms. The van der Waals surface area contributed by atoms with Crippen LogP contribution in [0, 0.1) is 5.41 Å². The molecule has 36 heavy (non-hydrogen) atoms. The molecule has 1 amide bonds. The van der Waals surface area contributed by atoms with Gasteiger partial charge in [-0.2, -0.15) is 0 Å². The third-order valence-electron chi connectivity index (χ3n) is 5.70. The summed E-state index contributed by atoms with van der Waals surface area (Å²) in [5.41, 5.74) is 9.31. The Balaban J connectivity index is 1.53. The van der Waals surface area contributed by atoms with Gasteiger partial charge in [-0.3, -0.25) is 19.1 Å². The number of carbonyl (C=O) groups is 1. The largest absolute Gasteiger partial charge is 0.402 e. The molecule has 0 fully saturated rings. The number of hydrogen-bond donors (Lipinski definition) is 5. The molecule has 0 unspecified atom stereocenters. The first-order valence-electron chi connectivity index (χ1n) is 11.5. The summed E-state index contributed by atoms with van der Waals surface area (Å²) in [6.07, 6.45) is 6.66. The molecule has 6 N–H and O–H groups in total. The van der Waals surface area contributed by atoms with Gasteiger partial charge < -0.3 is 26.8 Å². The van der Waals surface area contributed by atoms with Crippen molar-refractivity contribution in [1.82, 2.24) is 24.8 Å². The molecule has 0 atom stereocenters. The minimum absolute atomic E-state index is 0.129. The number of nitrogens with two attached hydrogens (primary N) is 1. The summed E-state index contributed by atoms with van der Waals surface area (Å²) >= 11 is 0. The Kier molecular flexibility index (Phi) is 7.54. The Morgan fingerprint density at radius 3 is 2.75 bits per heavy atom. The van der Waals surface area contributed by atoms with Crippen molar-refractivity contribution in [2.24, 2.45) is 5.73 Å². The number of aromatic nitrogens is 4. The van der Waals surface area contributed by atoms with E-state index in [1.807, 2.05) is 42.5 Å². The number of rotatable bonds is 10. The van der Waals surface area contributed by atoms with Gasteiger partial charge in [0.15, 0.2) is 5.82 Å². The smallest absolute Gasteiger partial charge is 0.294 e. The van der Waals surface area contributed by atoms with E-state index in [9.17, 15) is 9.59 Å². The van der Waals surface area contributed by atoms with Gasteiger partial charge in [-0.25, -0.2) is 4.98 Å². The summed E-state index contributed by atoms with van der Waals surface area (Å²) in [6, 6.07) is 13.7. The molecule has 0 aliphatic heterocycles. The molecule has 3 heterocycles. The zero-order valence-electron chi connectivity index (χ0n) is 19.9. The van der Waals surface area contributed by atoms with E-state index in [4.69, 9.17) is 11.1 Å². The van der Waals surface area contributed by atoms with E-state index in [2.05, 4.69) is 25.6 Å². The lowest BCUT2D eigenvalue weighted by molar-refractivity contribution is -0.121. The number of nitrogens with zero attached hydrogens (tertiary/aromatic N) is 3. The third kappa shape index (κ3) is 5.66. The second-order valence-corrected chi connectivity index (χ2v) is 8.32. The molecule has 4 rings (SSSR count). The maximum atomic E-state index is 13.3. The summed E-state index contributed by atoms with van der Waals surface area (Å²) < 4.78 is 1.29. The number of hydrogen-bond acceptors (Lipinski definition) is 7. The van der Waals surface area contributed by atoms with Gasteiger partial charge >= 0.3 is 0 Å². The Morgan fingerprint density at radius 2 is 2.03 bits per heavy atom. The maximum absolute atomic E-state index is 13.3. The molecule has 0 saturated heterocycles. The van der Waals surface area contributed by atoms with Crippen molar-refractivity contribution < 1.29 is 4.79 Å². The van der Waals surface area contributed by atoms with E-state index in [1.165, 1.54) is 10.8 Å². The molecule has 184 valence electrons. The zero-order chi connectivity index (χ0) is 25.5. The number of aromatic amines is 1. The number of benzene rings is 1. The molecule has 10 heteroatoms. The van der Waals surface area contributed by atoms with Crippen molar-refractivity contribution in [1.29, 1.82) is 5.41 Å². The van der Waals surface area contributed by atoms with Gasteiger partial charge in [0.25, 0.3) is 5.56 Å². The Labute approximate surface area is 207 Å². The lowest BCUT2D eigenvalue weighted by atomic mass is 10.1. The average molecular weight is 485 g/mol. The number of nitrogens with one attached hydrogen (secondary N) is 4. The van der Waals surface area contributed by atoms with Crippen molar-refractivity contribution in [3.05, 3.63) is 94.1 Å². The molecular formula is C26H28N8O2. The standard InChI is InChI=1S/C26H28N8O2/c1-17(28)21(12-27)23-15-32-25(30-10-7-18-5-3-2-4-6-18)26(36)34(23)16-24(35)31-14-20-11-19-13-29-9-8-22(19)33-20/h2-6,8-9,11-13,15,27,33H,7,10,14,16,28H2,1H3,(H,30,32)(H,31,35)/b21-17+,27-12?. The van der Waals surface area contributed by atoms with Crippen LogP contribution in [0.5, 0.6) is 0 Å². The molecular weight excluding hydrogens is 456 g/mol. The highest BCUT2D eigenvalue weighted by atomic mass is 16.2. The molecule has 0 saturated carbocycles. The quantitative estimate of drug-likeness (QED) is 0.218. The van der Waals surface area contributed by atoms with Crippen LogP contribution in [-0.4, -0.2) is 38.2 Å². The predicted octanol–water partition coefficient (Wildman–Crippen LogP) is 2.43. The average Bonchev–Trinajstić information content (AvgIpc) is 3.30. The first-order chi connectivity index (χ1) is 17.5. The molecule has 0 aliphatic carbocycles. The van der Waals surface area contributed by atoms with Crippen molar-refractivity contribution in [2.45, 2.75) is 26.4 Å². The fourth-order valence-electron chi connectivity index (χ4n) is 3.86. The number of amides is 1. The molecule has 10 nitrogen and oxygen atoms in total. The molecule has 1 aromatic carbocycles. The van der Waals surface area contributed by atoms with Crippen molar-refractivity contribution in [3.63, 3.8) is 0 Å². The van der Waals surface area contributed by atoms with Gasteiger partial charge in [-0.15, -0.1) is 0 Å². The number of allylic oxidation sites excluding steroid dienone is 2. The first kappa shape index (κ1) is 24.4. The minimum atomic E-state index is -0.465. The molecule has 3 aromatic heterocycles. The first-order valence-corrected chi connectivity index (χ1v) is 11.5. The minimum Gasteiger partial charge on any atom is -0.402 e. The normalized spacial score (nSPS) is 11.7. The highest BCUT2D eigenvalue weighted by molar-refractivity contribution is 6.08. The fraction of sp³-hybridized carbons (Fsp3) is 0.192. The second-order valence-electron chi connectivity index (χ2n) is 8.32. The van der Waals surface area contributed by atoms with Crippen molar-refractivity contribution >= 4 is 34.4 Å². The van der Waals surface area contributed by atoms with Crippen LogP contribution in [0.25, 0.3) is 16.5 Å². The highest BCUT2D eigenvalue weighted by Gasteiger charge is 2.17. The van der Waals surface area contributed by atoms with Gasteiger partial charge in [-0.1, -0.05) is 30.3 Å². The Morgan fingerprint density at radius 1 is 1.22 bits per heavy atom. The SMILES string of the molecule is C/C(N)=C(/C=N)c1cnc(NCCc2ccccc2)c(=O)n1CC(=O)NCc1cc2cnccc2[nH]1. The lowest BCUT2D eigenvalue weighted by Gasteiger charge is -2.16. The van der Waals surface area contributed by atoms with Crippen molar-refractivity contribution in [3.8, 4) is 0 Å². The third-order valence-corrected chi connectivity index (χ3v) is 5.70. The van der Waals surface area contributed by atoms with E-state index < -0.39 is 5.56 Å².